The van der Waals surface area contributed by atoms with Crippen molar-refractivity contribution < 1.29 is 28.5 Å². The normalized spacial score (nSPS) is 10.7. The molecule has 2 aromatic rings. The van der Waals surface area contributed by atoms with Gasteiger partial charge in [0.05, 0.1) is 5.69 Å². The van der Waals surface area contributed by atoms with Crippen LogP contribution in [0.5, 0.6) is 0 Å². The van der Waals surface area contributed by atoms with Gasteiger partial charge >= 0.3 is 0 Å². The molecule has 4 heteroatoms. The van der Waals surface area contributed by atoms with Crippen molar-refractivity contribution >= 4 is 11.4 Å². The Kier molecular flexibility index (Phi) is 7.10. The molecule has 1 aromatic carbocycles. The Hall–Kier alpha value is -1.43. The number of aromatic nitrogens is 1. The first kappa shape index (κ1) is 15.6. The van der Waals surface area contributed by atoms with Gasteiger partial charge in [-0.1, -0.05) is 31.2 Å². The number of hydrogen-bond acceptors (Lipinski definition) is 2. The predicted octanol–water partition coefficient (Wildman–Crippen LogP) is -0.144. The van der Waals surface area contributed by atoms with Crippen LogP contribution in [-0.2, 0) is 6.54 Å². The molecule has 0 aliphatic heterocycles. The molecule has 0 aliphatic carbocycles. The molecule has 1 heterocycles. The van der Waals surface area contributed by atoms with E-state index in [2.05, 4.69) is 22.0 Å². The molecule has 19 heavy (non-hydrogen) atoms. The molecule has 0 unspecified atom stereocenters. The number of nitrogens with zero attached hydrogens (tertiary/aromatic N) is 2. The molecule has 0 spiro atoms. The highest BCUT2D eigenvalue weighted by atomic mass is 127. The third-order valence-electron chi connectivity index (χ3n) is 2.67. The maximum absolute atomic E-state index is 4.45. The van der Waals surface area contributed by atoms with E-state index in [0.717, 1.165) is 24.4 Å². The molecule has 0 aliphatic rings. The quantitative estimate of drug-likeness (QED) is 0.339. The Morgan fingerprint density at radius 2 is 1.68 bits per heavy atom. The van der Waals surface area contributed by atoms with Gasteiger partial charge < -0.3 is 24.0 Å². The largest absolute Gasteiger partial charge is 1.00 e. The zero-order valence-electron chi connectivity index (χ0n) is 11.0. The summed E-state index contributed by atoms with van der Waals surface area (Å²) >= 11 is 0. The molecule has 0 atom stereocenters. The molecule has 0 amide bonds. The summed E-state index contributed by atoms with van der Waals surface area (Å²) in [6.07, 6.45) is 5.03. The first-order valence-electron chi connectivity index (χ1n) is 6.19. The Bertz CT molecular complexity index is 497. The van der Waals surface area contributed by atoms with Gasteiger partial charge in [-0.15, -0.1) is 0 Å². The van der Waals surface area contributed by atoms with Crippen molar-refractivity contribution in [3.05, 3.63) is 60.9 Å². The highest BCUT2D eigenvalue weighted by Crippen LogP contribution is 2.04. The predicted molar refractivity (Wildman–Crippen MR) is 74.4 cm³/mol. The number of para-hydroxylation sites is 1. The average molecular weight is 367 g/mol. The van der Waals surface area contributed by atoms with Crippen molar-refractivity contribution in [2.24, 2.45) is 5.10 Å². The lowest BCUT2D eigenvalue weighted by Crippen LogP contribution is -3.00. The minimum atomic E-state index is 0. The molecular weight excluding hydrogens is 349 g/mol. The molecule has 2 rings (SSSR count). The third-order valence-corrected chi connectivity index (χ3v) is 2.67. The van der Waals surface area contributed by atoms with Crippen LogP contribution in [0.15, 0.2) is 66.0 Å². The van der Waals surface area contributed by atoms with Crippen LogP contribution in [0.25, 0.3) is 0 Å². The second-order valence-electron chi connectivity index (χ2n) is 4.06. The highest BCUT2D eigenvalue weighted by molar-refractivity contribution is 5.83. The second kappa shape index (κ2) is 8.63. The third kappa shape index (κ3) is 5.38. The van der Waals surface area contributed by atoms with Gasteiger partial charge in [-0.05, 0) is 18.6 Å². The summed E-state index contributed by atoms with van der Waals surface area (Å²) in [5.41, 5.74) is 5.23. The molecule has 100 valence electrons. The molecule has 0 radical (unpaired) electrons. The first-order valence-corrected chi connectivity index (χ1v) is 6.19. The van der Waals surface area contributed by atoms with Crippen LogP contribution >= 0.6 is 0 Å². The van der Waals surface area contributed by atoms with Crippen LogP contribution in [0.2, 0.25) is 0 Å². The van der Waals surface area contributed by atoms with E-state index in [1.165, 1.54) is 0 Å². The highest BCUT2D eigenvalue weighted by Gasteiger charge is 2.04. The number of benzene rings is 1. The van der Waals surface area contributed by atoms with Crippen molar-refractivity contribution in [3.63, 3.8) is 0 Å². The topological polar surface area (TPSA) is 28.3 Å². The van der Waals surface area contributed by atoms with Crippen molar-refractivity contribution in [1.29, 1.82) is 0 Å². The van der Waals surface area contributed by atoms with Crippen molar-refractivity contribution in [3.8, 4) is 0 Å². The Labute approximate surface area is 131 Å². The van der Waals surface area contributed by atoms with Gasteiger partial charge in [0, 0.05) is 12.1 Å². The minimum absolute atomic E-state index is 0. The Morgan fingerprint density at radius 3 is 2.32 bits per heavy atom. The fraction of sp³-hybridized carbons (Fsp3) is 0.200. The number of hydrazone groups is 1. The van der Waals surface area contributed by atoms with Crippen LogP contribution in [0.3, 0.4) is 0 Å². The SMILES string of the molecule is CC/C(C[n+]1ccccc1)=N\Nc1ccccc1.[I-]. The summed E-state index contributed by atoms with van der Waals surface area (Å²) in [7, 11) is 0. The maximum atomic E-state index is 4.45. The molecule has 3 nitrogen and oxygen atoms in total. The lowest BCUT2D eigenvalue weighted by molar-refractivity contribution is -0.682. The van der Waals surface area contributed by atoms with Crippen LogP contribution in [-0.4, -0.2) is 5.71 Å². The van der Waals surface area contributed by atoms with Gasteiger partial charge in [0.2, 0.25) is 0 Å². The fourth-order valence-corrected chi connectivity index (χ4v) is 1.63. The molecule has 0 bridgehead atoms. The fourth-order valence-electron chi connectivity index (χ4n) is 1.63. The molecular formula is C15H18IN3. The van der Waals surface area contributed by atoms with E-state index in [4.69, 9.17) is 0 Å². The minimum Gasteiger partial charge on any atom is -1.00 e. The number of pyridine rings is 1. The summed E-state index contributed by atoms with van der Waals surface area (Å²) in [4.78, 5) is 0. The van der Waals surface area contributed by atoms with Crippen LogP contribution < -0.4 is 34.0 Å². The number of anilines is 1. The smallest absolute Gasteiger partial charge is 0.188 e. The zero-order chi connectivity index (χ0) is 12.6. The summed E-state index contributed by atoms with van der Waals surface area (Å²) in [6, 6.07) is 16.1. The summed E-state index contributed by atoms with van der Waals surface area (Å²) < 4.78 is 2.12. The van der Waals surface area contributed by atoms with E-state index in [0.29, 0.717) is 0 Å². The Balaban J connectivity index is 0.00000180. The molecule has 1 aromatic heterocycles. The summed E-state index contributed by atoms with van der Waals surface area (Å²) in [5, 5.41) is 4.45. The van der Waals surface area contributed by atoms with E-state index >= 15 is 0 Å². The molecule has 0 fully saturated rings. The molecule has 1 N–H and O–H groups in total. The van der Waals surface area contributed by atoms with Crippen LogP contribution in [0.1, 0.15) is 13.3 Å². The second-order valence-corrected chi connectivity index (χ2v) is 4.06. The monoisotopic (exact) mass is 367 g/mol. The number of hydrogen-bond donors (Lipinski definition) is 1. The van der Waals surface area contributed by atoms with Gasteiger partial charge in [0.25, 0.3) is 0 Å². The summed E-state index contributed by atoms with van der Waals surface area (Å²) in [5.74, 6) is 0. The maximum Gasteiger partial charge on any atom is 0.188 e. The van der Waals surface area contributed by atoms with E-state index < -0.39 is 0 Å². The van der Waals surface area contributed by atoms with Crippen molar-refractivity contribution in [2.75, 3.05) is 5.43 Å². The van der Waals surface area contributed by atoms with E-state index in [9.17, 15) is 0 Å². The van der Waals surface area contributed by atoms with Crippen molar-refractivity contribution in [2.45, 2.75) is 19.9 Å². The molecule has 0 saturated heterocycles. The lowest BCUT2D eigenvalue weighted by atomic mass is 10.3. The standard InChI is InChI=1S/C15H18N3.HI/c1-2-14(13-18-11-7-4-8-12-18)16-17-15-9-5-3-6-10-15;/h3-12,17H,2,13H2,1H3;1H/q+1;/p-1/b16-14+;. The summed E-state index contributed by atoms with van der Waals surface area (Å²) in [6.45, 7) is 2.94. The van der Waals surface area contributed by atoms with Gasteiger partial charge in [-0.3, -0.25) is 5.43 Å². The van der Waals surface area contributed by atoms with Gasteiger partial charge in [-0.2, -0.15) is 9.67 Å². The van der Waals surface area contributed by atoms with Gasteiger partial charge in [-0.25, -0.2) is 0 Å². The Morgan fingerprint density at radius 1 is 1.05 bits per heavy atom. The zero-order valence-corrected chi connectivity index (χ0v) is 13.1. The lowest BCUT2D eigenvalue weighted by Gasteiger charge is -2.03. The van der Waals surface area contributed by atoms with E-state index in [1.54, 1.807) is 0 Å². The van der Waals surface area contributed by atoms with E-state index in [1.807, 2.05) is 60.9 Å². The number of halogens is 1. The number of rotatable bonds is 5. The van der Waals surface area contributed by atoms with Crippen LogP contribution in [0.4, 0.5) is 5.69 Å². The average Bonchev–Trinajstić information content (AvgIpc) is 2.45. The first-order chi connectivity index (χ1) is 8.88. The van der Waals surface area contributed by atoms with Crippen LogP contribution in [0, 0.1) is 0 Å². The van der Waals surface area contributed by atoms with Gasteiger partial charge in [0.15, 0.2) is 18.9 Å². The van der Waals surface area contributed by atoms with Gasteiger partial charge in [0.1, 0.15) is 5.71 Å². The van der Waals surface area contributed by atoms with E-state index in [-0.39, 0.29) is 24.0 Å². The molecule has 0 saturated carbocycles. The number of nitrogens with one attached hydrogen (secondary N) is 1. The van der Waals surface area contributed by atoms with Crippen molar-refractivity contribution in [1.82, 2.24) is 0 Å².